The molecule has 2 aromatic rings. The Morgan fingerprint density at radius 3 is 2.12 bits per heavy atom. The summed E-state index contributed by atoms with van der Waals surface area (Å²) in [5.74, 6) is 0.206. The van der Waals surface area contributed by atoms with Gasteiger partial charge in [0.05, 0.1) is 4.92 Å². The van der Waals surface area contributed by atoms with Crippen molar-refractivity contribution in [3.05, 3.63) is 88.5 Å². The molecule has 0 radical (unpaired) electrons. The lowest BCUT2D eigenvalue weighted by molar-refractivity contribution is -0.384. The zero-order chi connectivity index (χ0) is 17.8. The molecular formula is C20H20N2O3. The van der Waals surface area contributed by atoms with E-state index in [1.165, 1.54) is 12.1 Å². The van der Waals surface area contributed by atoms with Crippen molar-refractivity contribution < 1.29 is 9.72 Å². The molecule has 128 valence electrons. The number of piperidine rings is 1. The monoisotopic (exact) mass is 336 g/mol. The number of nitro benzene ring substituents is 1. The largest absolute Gasteiger partial charge is 0.300 e. The third kappa shape index (κ3) is 3.67. The second kappa shape index (κ2) is 7.40. The standard InChI is InChI=1S/C20H20N2O3/c1-2-12-21-19(15-6-4-3-5-7-15)13-18(23)14-20(21)16-8-10-17(11-9-16)22(24)25/h2-11,19-20H,1,12-14H2/t19-,20+/m1/s1. The third-order valence-electron chi connectivity index (χ3n) is 4.66. The van der Waals surface area contributed by atoms with E-state index in [9.17, 15) is 14.9 Å². The lowest BCUT2D eigenvalue weighted by Gasteiger charge is -2.41. The SMILES string of the molecule is C=CCN1[C@@H](c2ccccc2)CC(=O)C[C@H]1c1ccc([N+](=O)[O-])cc1. The van der Waals surface area contributed by atoms with E-state index in [0.29, 0.717) is 19.4 Å². The first-order valence-electron chi connectivity index (χ1n) is 8.28. The van der Waals surface area contributed by atoms with Crippen molar-refractivity contribution in [2.24, 2.45) is 0 Å². The van der Waals surface area contributed by atoms with Crippen molar-refractivity contribution in [3.8, 4) is 0 Å². The lowest BCUT2D eigenvalue weighted by Crippen LogP contribution is -2.39. The molecule has 0 amide bonds. The summed E-state index contributed by atoms with van der Waals surface area (Å²) in [4.78, 5) is 25.1. The van der Waals surface area contributed by atoms with Crippen LogP contribution in [-0.4, -0.2) is 22.2 Å². The maximum atomic E-state index is 12.4. The summed E-state index contributed by atoms with van der Waals surface area (Å²) >= 11 is 0. The van der Waals surface area contributed by atoms with Crippen molar-refractivity contribution in [2.45, 2.75) is 24.9 Å². The minimum absolute atomic E-state index is 0.0133. The Bertz CT molecular complexity index is 771. The van der Waals surface area contributed by atoms with Crippen LogP contribution in [0, 0.1) is 10.1 Å². The van der Waals surface area contributed by atoms with Gasteiger partial charge in [-0.2, -0.15) is 0 Å². The van der Waals surface area contributed by atoms with Crippen LogP contribution in [0.25, 0.3) is 0 Å². The first-order valence-corrected chi connectivity index (χ1v) is 8.28. The van der Waals surface area contributed by atoms with Gasteiger partial charge in [0, 0.05) is 43.6 Å². The van der Waals surface area contributed by atoms with E-state index in [0.717, 1.165) is 11.1 Å². The van der Waals surface area contributed by atoms with Gasteiger partial charge in [-0.25, -0.2) is 0 Å². The Kier molecular flexibility index (Phi) is 5.05. The second-order valence-electron chi connectivity index (χ2n) is 6.22. The van der Waals surface area contributed by atoms with Crippen LogP contribution in [0.2, 0.25) is 0 Å². The molecule has 1 heterocycles. The van der Waals surface area contributed by atoms with E-state index >= 15 is 0 Å². The average Bonchev–Trinajstić information content (AvgIpc) is 2.64. The third-order valence-corrected chi connectivity index (χ3v) is 4.66. The molecule has 0 saturated carbocycles. The van der Waals surface area contributed by atoms with E-state index in [2.05, 4.69) is 11.5 Å². The van der Waals surface area contributed by atoms with Crippen LogP contribution in [0.3, 0.4) is 0 Å². The van der Waals surface area contributed by atoms with Gasteiger partial charge in [0.2, 0.25) is 0 Å². The summed E-state index contributed by atoms with van der Waals surface area (Å²) < 4.78 is 0. The van der Waals surface area contributed by atoms with Crippen LogP contribution >= 0.6 is 0 Å². The van der Waals surface area contributed by atoms with Crippen LogP contribution in [-0.2, 0) is 4.79 Å². The fourth-order valence-corrected chi connectivity index (χ4v) is 3.48. The van der Waals surface area contributed by atoms with Gasteiger partial charge in [0.25, 0.3) is 5.69 Å². The van der Waals surface area contributed by atoms with E-state index in [1.807, 2.05) is 36.4 Å². The fraction of sp³-hybridized carbons (Fsp3) is 0.250. The van der Waals surface area contributed by atoms with Crippen molar-refractivity contribution in [1.82, 2.24) is 4.90 Å². The number of hydrogen-bond donors (Lipinski definition) is 0. The van der Waals surface area contributed by atoms with Crippen LogP contribution in [0.5, 0.6) is 0 Å². The highest BCUT2D eigenvalue weighted by molar-refractivity contribution is 5.81. The van der Waals surface area contributed by atoms with Crippen molar-refractivity contribution in [3.63, 3.8) is 0 Å². The summed E-state index contributed by atoms with van der Waals surface area (Å²) in [7, 11) is 0. The Morgan fingerprint density at radius 1 is 1.04 bits per heavy atom. The van der Waals surface area contributed by atoms with E-state index in [1.54, 1.807) is 12.1 Å². The number of likely N-dealkylation sites (tertiary alicyclic amines) is 1. The molecule has 2 aromatic carbocycles. The Labute approximate surface area is 146 Å². The first kappa shape index (κ1) is 17.0. The highest BCUT2D eigenvalue weighted by Gasteiger charge is 2.35. The van der Waals surface area contributed by atoms with E-state index in [-0.39, 0.29) is 23.6 Å². The number of non-ortho nitro benzene ring substituents is 1. The van der Waals surface area contributed by atoms with Crippen LogP contribution in [0.15, 0.2) is 67.3 Å². The van der Waals surface area contributed by atoms with Gasteiger partial charge in [-0.15, -0.1) is 6.58 Å². The molecule has 1 saturated heterocycles. The van der Waals surface area contributed by atoms with Gasteiger partial charge < -0.3 is 0 Å². The van der Waals surface area contributed by atoms with Crippen molar-refractivity contribution >= 4 is 11.5 Å². The molecule has 5 heteroatoms. The number of hydrogen-bond acceptors (Lipinski definition) is 4. The van der Waals surface area contributed by atoms with Gasteiger partial charge in [-0.3, -0.25) is 19.8 Å². The minimum Gasteiger partial charge on any atom is -0.300 e. The molecule has 0 unspecified atom stereocenters. The summed E-state index contributed by atoms with van der Waals surface area (Å²) in [5.41, 5.74) is 2.08. The number of Topliss-reactive ketones (excluding diaryl/α,β-unsaturated/α-hetero) is 1. The normalized spacial score (nSPS) is 21.0. The Hall–Kier alpha value is -2.79. The van der Waals surface area contributed by atoms with Gasteiger partial charge in [0.1, 0.15) is 5.78 Å². The maximum Gasteiger partial charge on any atom is 0.269 e. The summed E-state index contributed by atoms with van der Waals surface area (Å²) in [6.07, 6.45) is 2.72. The van der Waals surface area contributed by atoms with Crippen LogP contribution in [0.1, 0.15) is 36.1 Å². The molecule has 25 heavy (non-hydrogen) atoms. The molecule has 0 spiro atoms. The van der Waals surface area contributed by atoms with E-state index in [4.69, 9.17) is 0 Å². The van der Waals surface area contributed by atoms with Gasteiger partial charge in [0.15, 0.2) is 0 Å². The molecule has 0 bridgehead atoms. The average molecular weight is 336 g/mol. The molecular weight excluding hydrogens is 316 g/mol. The zero-order valence-electron chi connectivity index (χ0n) is 13.9. The predicted octanol–water partition coefficient (Wildman–Crippen LogP) is 4.23. The summed E-state index contributed by atoms with van der Waals surface area (Å²) in [6.45, 7) is 4.50. The Morgan fingerprint density at radius 2 is 1.60 bits per heavy atom. The molecule has 5 nitrogen and oxygen atoms in total. The molecule has 1 aliphatic rings. The smallest absolute Gasteiger partial charge is 0.269 e. The number of rotatable bonds is 5. The van der Waals surface area contributed by atoms with Crippen LogP contribution < -0.4 is 0 Å². The highest BCUT2D eigenvalue weighted by atomic mass is 16.6. The molecule has 3 rings (SSSR count). The number of benzene rings is 2. The zero-order valence-corrected chi connectivity index (χ0v) is 13.9. The molecule has 0 N–H and O–H groups in total. The molecule has 1 aliphatic heterocycles. The van der Waals surface area contributed by atoms with Crippen molar-refractivity contribution in [1.29, 1.82) is 0 Å². The summed E-state index contributed by atoms with van der Waals surface area (Å²) in [5, 5.41) is 10.9. The topological polar surface area (TPSA) is 63.5 Å². The minimum atomic E-state index is -0.413. The van der Waals surface area contributed by atoms with Gasteiger partial charge in [-0.05, 0) is 11.1 Å². The number of carbonyl (C=O) groups excluding carboxylic acids is 1. The number of nitrogens with zero attached hydrogens (tertiary/aromatic N) is 2. The lowest BCUT2D eigenvalue weighted by atomic mass is 9.86. The summed E-state index contributed by atoms with van der Waals surface area (Å²) in [6, 6.07) is 16.3. The quantitative estimate of drug-likeness (QED) is 0.466. The van der Waals surface area contributed by atoms with E-state index < -0.39 is 4.92 Å². The highest BCUT2D eigenvalue weighted by Crippen LogP contribution is 2.40. The number of nitro groups is 1. The molecule has 0 aromatic heterocycles. The predicted molar refractivity (Wildman–Crippen MR) is 96.2 cm³/mol. The van der Waals surface area contributed by atoms with Crippen molar-refractivity contribution in [2.75, 3.05) is 6.54 Å². The first-order chi connectivity index (χ1) is 12.1. The number of ketones is 1. The fourth-order valence-electron chi connectivity index (χ4n) is 3.48. The van der Waals surface area contributed by atoms with Gasteiger partial charge >= 0.3 is 0 Å². The number of carbonyl (C=O) groups is 1. The molecule has 2 atom stereocenters. The Balaban J connectivity index is 1.96. The molecule has 0 aliphatic carbocycles. The van der Waals surface area contributed by atoms with Crippen LogP contribution in [0.4, 0.5) is 5.69 Å². The second-order valence-corrected chi connectivity index (χ2v) is 6.22. The molecule has 1 fully saturated rings. The van der Waals surface area contributed by atoms with Gasteiger partial charge in [-0.1, -0.05) is 48.5 Å². The maximum absolute atomic E-state index is 12.4.